The van der Waals surface area contributed by atoms with Gasteiger partial charge in [-0.3, -0.25) is 9.59 Å². The van der Waals surface area contributed by atoms with Gasteiger partial charge in [0, 0.05) is 6.42 Å². The van der Waals surface area contributed by atoms with Gasteiger partial charge in [-0.15, -0.1) is 0 Å². The molecule has 0 saturated heterocycles. The molecule has 0 amide bonds. The number of carbonyl (C=O) groups is 2. The van der Waals surface area contributed by atoms with Gasteiger partial charge in [0.05, 0.1) is 5.41 Å². The molecule has 0 aliphatic carbocycles. The van der Waals surface area contributed by atoms with Crippen molar-refractivity contribution in [3.63, 3.8) is 0 Å². The fourth-order valence-electron chi connectivity index (χ4n) is 5.18. The highest BCUT2D eigenvalue weighted by atomic mass is 16.4. The fraction of sp³-hybridized carbons (Fsp3) is 0.933. The highest BCUT2D eigenvalue weighted by Crippen LogP contribution is 2.37. The molecule has 0 saturated carbocycles. The third kappa shape index (κ3) is 19.3. The van der Waals surface area contributed by atoms with Crippen LogP contribution in [0.1, 0.15) is 174 Å². The molecule has 0 aliphatic rings. The average Bonchev–Trinajstić information content (AvgIpc) is 2.80. The molecule has 0 rings (SSSR count). The minimum Gasteiger partial charge on any atom is -0.481 e. The summed E-state index contributed by atoms with van der Waals surface area (Å²) in [4.78, 5) is 23.3. The van der Waals surface area contributed by atoms with E-state index in [2.05, 4.69) is 13.8 Å². The summed E-state index contributed by atoms with van der Waals surface area (Å²) in [7, 11) is 0. The number of hydrogen-bond acceptors (Lipinski definition) is 2. The van der Waals surface area contributed by atoms with E-state index < -0.39 is 17.4 Å². The highest BCUT2D eigenvalue weighted by Gasteiger charge is 2.36. The van der Waals surface area contributed by atoms with Crippen LogP contribution in [0.15, 0.2) is 0 Å². The van der Waals surface area contributed by atoms with E-state index in [4.69, 9.17) is 5.11 Å². The van der Waals surface area contributed by atoms with Gasteiger partial charge in [0.2, 0.25) is 0 Å². The van der Waals surface area contributed by atoms with Crippen LogP contribution in [0, 0.1) is 5.41 Å². The van der Waals surface area contributed by atoms with Crippen LogP contribution in [-0.2, 0) is 9.59 Å². The predicted molar refractivity (Wildman–Crippen MR) is 144 cm³/mol. The number of hydrogen-bond donors (Lipinski definition) is 2. The highest BCUT2D eigenvalue weighted by molar-refractivity contribution is 5.74. The first-order valence-electron chi connectivity index (χ1n) is 14.9. The zero-order valence-corrected chi connectivity index (χ0v) is 22.9. The van der Waals surface area contributed by atoms with Gasteiger partial charge < -0.3 is 10.2 Å². The van der Waals surface area contributed by atoms with Gasteiger partial charge in [0.25, 0.3) is 0 Å². The Kier molecular flexibility index (Phi) is 22.9. The number of rotatable bonds is 27. The summed E-state index contributed by atoms with van der Waals surface area (Å²) >= 11 is 0. The summed E-state index contributed by atoms with van der Waals surface area (Å²) in [6.07, 6.45) is 27.4. The van der Waals surface area contributed by atoms with Crippen LogP contribution in [0.5, 0.6) is 0 Å². The maximum absolute atomic E-state index is 12.3. The lowest BCUT2D eigenvalue weighted by Crippen LogP contribution is -2.31. The lowest BCUT2D eigenvalue weighted by Gasteiger charge is -2.30. The minimum absolute atomic E-state index is 0.0745. The standard InChI is InChI=1S/C30H58O4/c1-3-5-7-9-11-13-15-17-19-21-25-30(29(33)34,27-23-24-28(31)32)26-22-20-18-16-14-12-10-8-6-4-2/h3-27H2,1-2H3,(H,31,32)(H,33,34). The molecule has 4 heteroatoms. The normalized spacial score (nSPS) is 11.7. The summed E-state index contributed by atoms with van der Waals surface area (Å²) < 4.78 is 0. The van der Waals surface area contributed by atoms with E-state index in [1.54, 1.807) is 0 Å². The molecule has 0 aromatic heterocycles. The van der Waals surface area contributed by atoms with E-state index >= 15 is 0 Å². The van der Waals surface area contributed by atoms with Gasteiger partial charge in [0.1, 0.15) is 0 Å². The monoisotopic (exact) mass is 482 g/mol. The molecule has 0 bridgehead atoms. The van der Waals surface area contributed by atoms with Gasteiger partial charge in [-0.2, -0.15) is 0 Å². The Morgan fingerprint density at radius 2 is 0.765 bits per heavy atom. The molecule has 0 aromatic rings. The van der Waals surface area contributed by atoms with Crippen LogP contribution >= 0.6 is 0 Å². The van der Waals surface area contributed by atoms with Crippen molar-refractivity contribution >= 4 is 11.9 Å². The predicted octanol–water partition coefficient (Wildman–Crippen LogP) is 9.93. The van der Waals surface area contributed by atoms with E-state index in [1.165, 1.54) is 103 Å². The SMILES string of the molecule is CCCCCCCCCCCCC(CCCCCCCCCCCC)(CCCC(=O)O)C(=O)O. The van der Waals surface area contributed by atoms with Crippen LogP contribution in [0.25, 0.3) is 0 Å². The van der Waals surface area contributed by atoms with Crippen molar-refractivity contribution in [2.45, 2.75) is 174 Å². The molecular weight excluding hydrogens is 424 g/mol. The van der Waals surface area contributed by atoms with Crippen molar-refractivity contribution in [3.05, 3.63) is 0 Å². The lowest BCUT2D eigenvalue weighted by atomic mass is 9.74. The number of carboxylic acids is 2. The largest absolute Gasteiger partial charge is 0.481 e. The molecule has 34 heavy (non-hydrogen) atoms. The molecule has 202 valence electrons. The smallest absolute Gasteiger partial charge is 0.309 e. The van der Waals surface area contributed by atoms with E-state index in [0.717, 1.165) is 25.7 Å². The maximum Gasteiger partial charge on any atom is 0.309 e. The van der Waals surface area contributed by atoms with Gasteiger partial charge in [-0.1, -0.05) is 142 Å². The van der Waals surface area contributed by atoms with E-state index in [1.807, 2.05) is 0 Å². The summed E-state index contributed by atoms with van der Waals surface area (Å²) in [6, 6.07) is 0. The topological polar surface area (TPSA) is 74.6 Å². The Hall–Kier alpha value is -1.06. The van der Waals surface area contributed by atoms with Crippen molar-refractivity contribution in [3.8, 4) is 0 Å². The van der Waals surface area contributed by atoms with Crippen molar-refractivity contribution in [1.29, 1.82) is 0 Å². The molecule has 0 atom stereocenters. The first-order valence-corrected chi connectivity index (χ1v) is 14.9. The summed E-state index contributed by atoms with van der Waals surface area (Å²) in [5, 5.41) is 19.2. The molecule has 0 aliphatic heterocycles. The Bertz CT molecular complexity index is 450. The Morgan fingerprint density at radius 3 is 1.06 bits per heavy atom. The van der Waals surface area contributed by atoms with Crippen LogP contribution in [0.3, 0.4) is 0 Å². The third-order valence-corrected chi connectivity index (χ3v) is 7.52. The maximum atomic E-state index is 12.3. The Morgan fingerprint density at radius 1 is 0.471 bits per heavy atom. The number of aliphatic carboxylic acids is 2. The van der Waals surface area contributed by atoms with Gasteiger partial charge in [0.15, 0.2) is 0 Å². The molecule has 0 heterocycles. The fourth-order valence-corrected chi connectivity index (χ4v) is 5.18. The molecule has 0 aromatic carbocycles. The van der Waals surface area contributed by atoms with E-state index in [9.17, 15) is 14.7 Å². The van der Waals surface area contributed by atoms with Crippen LogP contribution < -0.4 is 0 Å². The molecule has 0 fully saturated rings. The second-order valence-corrected chi connectivity index (χ2v) is 10.7. The van der Waals surface area contributed by atoms with Crippen molar-refractivity contribution in [2.24, 2.45) is 5.41 Å². The van der Waals surface area contributed by atoms with Crippen LogP contribution in [0.2, 0.25) is 0 Å². The van der Waals surface area contributed by atoms with E-state index in [-0.39, 0.29) is 6.42 Å². The van der Waals surface area contributed by atoms with Gasteiger partial charge in [-0.25, -0.2) is 0 Å². The van der Waals surface area contributed by atoms with Crippen LogP contribution in [-0.4, -0.2) is 22.2 Å². The number of carboxylic acid groups (broad SMARTS) is 2. The third-order valence-electron chi connectivity index (χ3n) is 7.52. The Balaban J connectivity index is 4.29. The molecule has 4 nitrogen and oxygen atoms in total. The van der Waals surface area contributed by atoms with Crippen molar-refractivity contribution in [2.75, 3.05) is 0 Å². The lowest BCUT2D eigenvalue weighted by molar-refractivity contribution is -0.151. The van der Waals surface area contributed by atoms with Gasteiger partial charge in [-0.05, 0) is 25.7 Å². The van der Waals surface area contributed by atoms with Gasteiger partial charge >= 0.3 is 11.9 Å². The molecule has 0 unspecified atom stereocenters. The summed E-state index contributed by atoms with van der Waals surface area (Å²) in [5.74, 6) is -1.53. The van der Waals surface area contributed by atoms with Crippen molar-refractivity contribution < 1.29 is 19.8 Å². The van der Waals surface area contributed by atoms with E-state index in [0.29, 0.717) is 25.7 Å². The second-order valence-electron chi connectivity index (χ2n) is 10.7. The van der Waals surface area contributed by atoms with Crippen LogP contribution in [0.4, 0.5) is 0 Å². The zero-order valence-electron chi connectivity index (χ0n) is 22.9. The summed E-state index contributed by atoms with van der Waals surface area (Å²) in [6.45, 7) is 4.49. The minimum atomic E-state index is -0.822. The average molecular weight is 483 g/mol. The molecule has 0 radical (unpaired) electrons. The number of unbranched alkanes of at least 4 members (excludes halogenated alkanes) is 18. The first kappa shape index (κ1) is 32.9. The first-order chi connectivity index (χ1) is 16.5. The Labute approximate surface area is 211 Å². The second kappa shape index (κ2) is 23.7. The van der Waals surface area contributed by atoms with Crippen molar-refractivity contribution in [1.82, 2.24) is 0 Å². The molecule has 2 N–H and O–H groups in total. The molecule has 0 spiro atoms. The molecular formula is C30H58O4. The quantitative estimate of drug-likeness (QED) is 0.114. The summed E-state index contributed by atoms with van der Waals surface area (Å²) in [5.41, 5.74) is -0.726. The zero-order chi connectivity index (χ0) is 25.3.